The summed E-state index contributed by atoms with van der Waals surface area (Å²) in [6.45, 7) is 0.298. The largest absolute Gasteiger partial charge is 0.504 e. The molecule has 0 aliphatic heterocycles. The lowest BCUT2D eigenvalue weighted by Gasteiger charge is -2.19. The Hall–Kier alpha value is -3.52. The number of hydrogen-bond acceptors (Lipinski definition) is 4. The zero-order valence-electron chi connectivity index (χ0n) is 17.9. The number of carbonyl (C=O) groups is 1. The molecule has 3 aromatic carbocycles. The zero-order chi connectivity index (χ0) is 23.8. The van der Waals surface area contributed by atoms with Crippen LogP contribution in [0.3, 0.4) is 0 Å². The fourth-order valence-electron chi connectivity index (χ4n) is 3.93. The molecule has 5 nitrogen and oxygen atoms in total. The third-order valence-electron chi connectivity index (χ3n) is 6.00. The van der Waals surface area contributed by atoms with E-state index < -0.39 is 23.1 Å². The van der Waals surface area contributed by atoms with Gasteiger partial charge in [0.1, 0.15) is 0 Å². The number of carbonyl (C=O) groups excluding carboxylic acids is 1. The second-order valence-electron chi connectivity index (χ2n) is 8.08. The predicted molar refractivity (Wildman–Crippen MR) is 119 cm³/mol. The Bertz CT molecular complexity index is 1190. The molecule has 0 atom stereocenters. The summed E-state index contributed by atoms with van der Waals surface area (Å²) in [5, 5.41) is 12.5. The highest BCUT2D eigenvalue weighted by Gasteiger charge is 2.51. The quantitative estimate of drug-likeness (QED) is 0.475. The molecule has 1 amide bonds. The van der Waals surface area contributed by atoms with Crippen LogP contribution in [-0.2, 0) is 22.9 Å². The Balaban J connectivity index is 1.64. The van der Waals surface area contributed by atoms with E-state index in [1.54, 1.807) is 36.4 Å². The molecular formula is C25H23F3N2O3. The van der Waals surface area contributed by atoms with Gasteiger partial charge in [-0.1, -0.05) is 36.4 Å². The van der Waals surface area contributed by atoms with Gasteiger partial charge in [-0.25, -0.2) is 0 Å². The molecule has 0 aromatic heterocycles. The average molecular weight is 456 g/mol. The highest BCUT2D eigenvalue weighted by molar-refractivity contribution is 6.01. The maximum absolute atomic E-state index is 13.9. The van der Waals surface area contributed by atoms with E-state index in [0.29, 0.717) is 30.5 Å². The Morgan fingerprint density at radius 3 is 2.36 bits per heavy atom. The Labute approximate surface area is 189 Å². The van der Waals surface area contributed by atoms with Gasteiger partial charge < -0.3 is 20.9 Å². The summed E-state index contributed by atoms with van der Waals surface area (Å²) in [4.78, 5) is 13.1. The van der Waals surface area contributed by atoms with Gasteiger partial charge in [0.2, 0.25) is 5.91 Å². The lowest BCUT2D eigenvalue weighted by molar-refractivity contribution is -0.137. The van der Waals surface area contributed by atoms with Crippen LogP contribution in [0.4, 0.5) is 18.9 Å². The Kier molecular flexibility index (Phi) is 5.80. The van der Waals surface area contributed by atoms with Crippen LogP contribution < -0.4 is 15.8 Å². The van der Waals surface area contributed by atoms with Crippen molar-refractivity contribution < 1.29 is 27.8 Å². The highest BCUT2D eigenvalue weighted by Crippen LogP contribution is 2.50. The minimum atomic E-state index is -4.61. The first-order valence-corrected chi connectivity index (χ1v) is 10.4. The third kappa shape index (κ3) is 4.39. The maximum atomic E-state index is 13.9. The molecule has 8 heteroatoms. The topological polar surface area (TPSA) is 84.6 Å². The highest BCUT2D eigenvalue weighted by atomic mass is 19.4. The van der Waals surface area contributed by atoms with Crippen molar-refractivity contribution in [2.75, 3.05) is 12.4 Å². The number of nitrogens with two attached hydrogens (primary N) is 1. The first-order chi connectivity index (χ1) is 15.7. The fraction of sp³-hybridized carbons (Fsp3) is 0.240. The molecule has 4 rings (SSSR count). The van der Waals surface area contributed by atoms with Crippen LogP contribution in [0.1, 0.15) is 29.5 Å². The minimum Gasteiger partial charge on any atom is -0.504 e. The van der Waals surface area contributed by atoms with Gasteiger partial charge in [0.15, 0.2) is 11.5 Å². The van der Waals surface area contributed by atoms with E-state index in [9.17, 15) is 23.1 Å². The summed E-state index contributed by atoms with van der Waals surface area (Å²) in [5.74, 6) is -0.221. The van der Waals surface area contributed by atoms with Crippen LogP contribution in [0.25, 0.3) is 11.1 Å². The van der Waals surface area contributed by atoms with Crippen molar-refractivity contribution in [3.63, 3.8) is 0 Å². The molecule has 0 bridgehead atoms. The summed E-state index contributed by atoms with van der Waals surface area (Å²) in [5.41, 5.74) is 5.82. The number of phenols is 1. The summed E-state index contributed by atoms with van der Waals surface area (Å²) in [6.07, 6.45) is -3.51. The van der Waals surface area contributed by atoms with Gasteiger partial charge in [0, 0.05) is 12.2 Å². The molecule has 0 heterocycles. The molecule has 1 saturated carbocycles. The average Bonchev–Trinajstić information content (AvgIpc) is 3.61. The number of aromatic hydroxyl groups is 1. The monoisotopic (exact) mass is 456 g/mol. The van der Waals surface area contributed by atoms with E-state index in [4.69, 9.17) is 10.5 Å². The molecule has 0 radical (unpaired) electrons. The molecule has 1 aliphatic carbocycles. The number of benzene rings is 3. The van der Waals surface area contributed by atoms with Gasteiger partial charge in [-0.05, 0) is 59.4 Å². The van der Waals surface area contributed by atoms with Gasteiger partial charge in [-0.15, -0.1) is 0 Å². The van der Waals surface area contributed by atoms with E-state index in [1.165, 1.54) is 25.3 Å². The number of phenolic OH excluding ortho intramolecular Hbond substituents is 1. The minimum absolute atomic E-state index is 0.0217. The molecule has 4 N–H and O–H groups in total. The molecule has 1 fully saturated rings. The molecular weight excluding hydrogens is 433 g/mol. The Morgan fingerprint density at radius 1 is 1.09 bits per heavy atom. The van der Waals surface area contributed by atoms with Gasteiger partial charge in [0.05, 0.1) is 18.1 Å². The van der Waals surface area contributed by atoms with Crippen molar-refractivity contribution >= 4 is 11.6 Å². The van der Waals surface area contributed by atoms with E-state index in [0.717, 1.165) is 11.6 Å². The molecule has 0 saturated heterocycles. The zero-order valence-corrected chi connectivity index (χ0v) is 17.9. The molecule has 33 heavy (non-hydrogen) atoms. The lowest BCUT2D eigenvalue weighted by Crippen LogP contribution is -2.28. The number of ether oxygens (including phenoxy) is 1. The van der Waals surface area contributed by atoms with Crippen LogP contribution >= 0.6 is 0 Å². The molecule has 172 valence electrons. The van der Waals surface area contributed by atoms with Crippen LogP contribution in [0.15, 0.2) is 60.7 Å². The number of rotatable bonds is 6. The fourth-order valence-corrected chi connectivity index (χ4v) is 3.93. The van der Waals surface area contributed by atoms with E-state index in [-0.39, 0.29) is 22.7 Å². The number of halogens is 3. The van der Waals surface area contributed by atoms with Crippen LogP contribution in [0.2, 0.25) is 0 Å². The van der Waals surface area contributed by atoms with Crippen molar-refractivity contribution in [3.05, 3.63) is 77.4 Å². The number of amides is 1. The predicted octanol–water partition coefficient (Wildman–Crippen LogP) is 5.22. The first kappa shape index (κ1) is 22.7. The number of anilines is 1. The van der Waals surface area contributed by atoms with Crippen LogP contribution in [0.5, 0.6) is 11.5 Å². The van der Waals surface area contributed by atoms with Crippen molar-refractivity contribution in [2.45, 2.75) is 31.0 Å². The first-order valence-electron chi connectivity index (χ1n) is 10.4. The van der Waals surface area contributed by atoms with E-state index in [2.05, 4.69) is 5.32 Å². The summed E-state index contributed by atoms with van der Waals surface area (Å²) < 4.78 is 46.7. The summed E-state index contributed by atoms with van der Waals surface area (Å²) in [7, 11) is 1.41. The smallest absolute Gasteiger partial charge is 0.417 e. The molecule has 1 aliphatic rings. The van der Waals surface area contributed by atoms with Crippen molar-refractivity contribution in [1.29, 1.82) is 0 Å². The second kappa shape index (κ2) is 8.44. The number of methoxy groups -OCH3 is 1. The second-order valence-corrected chi connectivity index (χ2v) is 8.08. The third-order valence-corrected chi connectivity index (χ3v) is 6.00. The normalized spacial score (nSPS) is 14.6. The SMILES string of the molecule is COc1cc(C2(C(=O)Nc3ccc(-c4ccc(CN)cc4)c(C(F)(F)F)c3)CC2)ccc1O. The van der Waals surface area contributed by atoms with Crippen molar-refractivity contribution in [1.82, 2.24) is 0 Å². The summed E-state index contributed by atoms with van der Waals surface area (Å²) in [6, 6.07) is 15.0. The molecule has 0 unspecified atom stereocenters. The number of alkyl halides is 3. The van der Waals surface area contributed by atoms with Crippen molar-refractivity contribution in [2.24, 2.45) is 5.73 Å². The molecule has 3 aromatic rings. The summed E-state index contributed by atoms with van der Waals surface area (Å²) >= 11 is 0. The standard InChI is InChI=1S/C25H23F3N2O3/c1-33-22-12-17(6-9-21(22)31)24(10-11-24)23(32)30-18-7-8-19(20(13-18)25(26,27)28)16-4-2-15(14-29)3-5-16/h2-9,12-13,31H,10-11,14,29H2,1H3,(H,30,32). The van der Waals surface area contributed by atoms with E-state index in [1.807, 2.05) is 0 Å². The molecule has 0 spiro atoms. The number of hydrogen-bond donors (Lipinski definition) is 3. The van der Waals surface area contributed by atoms with E-state index >= 15 is 0 Å². The van der Waals surface area contributed by atoms with Crippen molar-refractivity contribution in [3.8, 4) is 22.6 Å². The maximum Gasteiger partial charge on any atom is 0.417 e. The van der Waals surface area contributed by atoms with Crippen LogP contribution in [0, 0.1) is 0 Å². The lowest BCUT2D eigenvalue weighted by atomic mass is 9.94. The van der Waals surface area contributed by atoms with Crippen LogP contribution in [-0.4, -0.2) is 18.1 Å². The van der Waals surface area contributed by atoms with Gasteiger partial charge in [-0.2, -0.15) is 13.2 Å². The number of nitrogens with one attached hydrogen (secondary N) is 1. The van der Waals surface area contributed by atoms with Gasteiger partial charge >= 0.3 is 6.18 Å². The van der Waals surface area contributed by atoms with Gasteiger partial charge in [-0.3, -0.25) is 4.79 Å². The Morgan fingerprint density at radius 2 is 1.79 bits per heavy atom. The van der Waals surface area contributed by atoms with Gasteiger partial charge in [0.25, 0.3) is 0 Å².